The second kappa shape index (κ2) is 8.11. The predicted octanol–water partition coefficient (Wildman–Crippen LogP) is 6.48. The van der Waals surface area contributed by atoms with Gasteiger partial charge in [-0.1, -0.05) is 87.0 Å². The first-order chi connectivity index (χ1) is 14.0. The summed E-state index contributed by atoms with van der Waals surface area (Å²) in [4.78, 5) is 14.2. The third kappa shape index (κ3) is 3.74. The van der Waals surface area contributed by atoms with Crippen LogP contribution in [-0.2, 0) is 5.41 Å². The van der Waals surface area contributed by atoms with Gasteiger partial charge in [0.15, 0.2) is 0 Å². The summed E-state index contributed by atoms with van der Waals surface area (Å²) < 4.78 is 5.87. The maximum absolute atomic E-state index is 12.9. The first-order valence-corrected chi connectivity index (χ1v) is 11.0. The molecule has 0 spiro atoms. The van der Waals surface area contributed by atoms with Crippen molar-refractivity contribution in [1.82, 2.24) is 0 Å². The highest BCUT2D eigenvalue weighted by Crippen LogP contribution is 2.47. The molecule has 150 valence electrons. The zero-order valence-corrected chi connectivity index (χ0v) is 17.7. The van der Waals surface area contributed by atoms with Gasteiger partial charge >= 0.3 is 5.63 Å². The maximum atomic E-state index is 12.9. The third-order valence-electron chi connectivity index (χ3n) is 5.90. The van der Waals surface area contributed by atoms with Gasteiger partial charge in [-0.15, -0.1) is 0 Å². The molecule has 0 unspecified atom stereocenters. The topological polar surface area (TPSA) is 50.4 Å². The van der Waals surface area contributed by atoms with E-state index in [1.165, 1.54) is 11.8 Å². The monoisotopic (exact) mass is 406 g/mol. The Balaban J connectivity index is 1.76. The van der Waals surface area contributed by atoms with Crippen molar-refractivity contribution < 1.29 is 9.52 Å². The van der Waals surface area contributed by atoms with Gasteiger partial charge in [-0.3, -0.25) is 0 Å². The highest BCUT2D eigenvalue weighted by molar-refractivity contribution is 7.99. The van der Waals surface area contributed by atoms with E-state index in [4.69, 9.17) is 4.42 Å². The smallest absolute Gasteiger partial charge is 0.353 e. The molecule has 0 bridgehead atoms. The summed E-state index contributed by atoms with van der Waals surface area (Å²) in [5.74, 6) is 0.902. The van der Waals surface area contributed by atoms with Crippen LogP contribution in [0.15, 0.2) is 79.7 Å². The van der Waals surface area contributed by atoms with Crippen molar-refractivity contribution in [2.75, 3.05) is 0 Å². The van der Waals surface area contributed by atoms with E-state index in [0.29, 0.717) is 11.7 Å². The Labute approximate surface area is 175 Å². The number of hydrogen-bond acceptors (Lipinski definition) is 4. The van der Waals surface area contributed by atoms with E-state index >= 15 is 0 Å². The van der Waals surface area contributed by atoms with Crippen molar-refractivity contribution in [3.63, 3.8) is 0 Å². The molecule has 0 saturated heterocycles. The molecule has 3 aromatic rings. The van der Waals surface area contributed by atoms with E-state index in [9.17, 15) is 9.90 Å². The van der Waals surface area contributed by atoms with E-state index in [0.717, 1.165) is 41.7 Å². The predicted molar refractivity (Wildman–Crippen MR) is 117 cm³/mol. The highest BCUT2D eigenvalue weighted by atomic mass is 32.2. The molecule has 2 aromatic carbocycles. The molecular formula is C25H26O3S. The van der Waals surface area contributed by atoms with E-state index in [-0.39, 0.29) is 16.1 Å². The van der Waals surface area contributed by atoms with Crippen LogP contribution in [0.3, 0.4) is 0 Å². The minimum absolute atomic E-state index is 0.00187. The van der Waals surface area contributed by atoms with Crippen molar-refractivity contribution >= 4 is 11.8 Å². The largest absolute Gasteiger partial charge is 0.506 e. The Morgan fingerprint density at radius 3 is 2.31 bits per heavy atom. The summed E-state index contributed by atoms with van der Waals surface area (Å²) >= 11 is 1.29. The molecule has 29 heavy (non-hydrogen) atoms. The Kier molecular flexibility index (Phi) is 5.55. The summed E-state index contributed by atoms with van der Waals surface area (Å²) in [5.41, 5.74) is 1.49. The van der Waals surface area contributed by atoms with Crippen LogP contribution >= 0.6 is 11.8 Å². The van der Waals surface area contributed by atoms with Crippen LogP contribution in [0.25, 0.3) is 0 Å². The first kappa shape index (κ1) is 19.8. The van der Waals surface area contributed by atoms with Crippen molar-refractivity contribution in [2.24, 2.45) is 0 Å². The highest BCUT2D eigenvalue weighted by Gasteiger charge is 2.40. The molecular weight excluding hydrogens is 380 g/mol. The zero-order valence-electron chi connectivity index (χ0n) is 16.9. The fourth-order valence-corrected chi connectivity index (χ4v) is 5.45. The minimum atomic E-state index is -0.467. The lowest BCUT2D eigenvalue weighted by Crippen LogP contribution is -2.25. The van der Waals surface area contributed by atoms with Crippen molar-refractivity contribution in [2.45, 2.75) is 60.7 Å². The Morgan fingerprint density at radius 1 is 1.00 bits per heavy atom. The van der Waals surface area contributed by atoms with Gasteiger partial charge in [-0.05, 0) is 36.0 Å². The van der Waals surface area contributed by atoms with E-state index < -0.39 is 5.63 Å². The van der Waals surface area contributed by atoms with Gasteiger partial charge in [0.2, 0.25) is 0 Å². The molecule has 0 atom stereocenters. The van der Waals surface area contributed by atoms with Crippen LogP contribution in [-0.4, -0.2) is 5.11 Å². The van der Waals surface area contributed by atoms with Gasteiger partial charge in [0.25, 0.3) is 0 Å². The van der Waals surface area contributed by atoms with E-state index in [2.05, 4.69) is 32.0 Å². The molecule has 1 fully saturated rings. The van der Waals surface area contributed by atoms with Crippen LogP contribution in [0.5, 0.6) is 5.75 Å². The summed E-state index contributed by atoms with van der Waals surface area (Å²) in [6, 6.07) is 19.8. The zero-order chi connectivity index (χ0) is 20.4. The summed E-state index contributed by atoms with van der Waals surface area (Å²) in [6.45, 7) is 4.24. The minimum Gasteiger partial charge on any atom is -0.506 e. The number of aromatic hydroxyl groups is 1. The Morgan fingerprint density at radius 2 is 1.66 bits per heavy atom. The van der Waals surface area contributed by atoms with Gasteiger partial charge in [-0.2, -0.15) is 0 Å². The lowest BCUT2D eigenvalue weighted by atomic mass is 9.76. The maximum Gasteiger partial charge on any atom is 0.353 e. The van der Waals surface area contributed by atoms with Gasteiger partial charge in [0.1, 0.15) is 16.4 Å². The van der Waals surface area contributed by atoms with Crippen LogP contribution in [0.4, 0.5) is 0 Å². The molecule has 4 rings (SSSR count). The fraction of sp³-hybridized carbons (Fsp3) is 0.320. The van der Waals surface area contributed by atoms with E-state index in [1.807, 2.05) is 36.4 Å². The molecule has 3 nitrogen and oxygen atoms in total. The van der Waals surface area contributed by atoms with Gasteiger partial charge in [0.05, 0.1) is 5.41 Å². The summed E-state index contributed by atoms with van der Waals surface area (Å²) in [6.07, 6.45) is 4.00. The van der Waals surface area contributed by atoms with Crippen LogP contribution in [0.1, 0.15) is 62.3 Å². The quantitative estimate of drug-likeness (QED) is 0.527. The van der Waals surface area contributed by atoms with Crippen molar-refractivity contribution in [1.29, 1.82) is 0 Å². The summed E-state index contributed by atoms with van der Waals surface area (Å²) in [7, 11) is 0. The van der Waals surface area contributed by atoms with Gasteiger partial charge < -0.3 is 9.52 Å². The van der Waals surface area contributed by atoms with Crippen LogP contribution in [0.2, 0.25) is 0 Å². The molecule has 1 N–H and O–H groups in total. The van der Waals surface area contributed by atoms with Crippen molar-refractivity contribution in [3.05, 3.63) is 88.0 Å². The lowest BCUT2D eigenvalue weighted by molar-refractivity contribution is 0.340. The molecule has 1 aliphatic rings. The number of rotatable bonds is 5. The number of hydrogen-bond donors (Lipinski definition) is 1. The Hall–Kier alpha value is -2.46. The standard InChI is InChI=1S/C25H26O3S/c1-17(2)19-12-6-7-13-21(19)29-23-20(26)16-22(28-24(23)27)25(14-8-9-15-25)18-10-4-3-5-11-18/h3-7,10-13,16-17,26H,8-9,14-15H2,1-2H3. The average Bonchev–Trinajstić information content (AvgIpc) is 3.22. The molecule has 1 saturated carbocycles. The average molecular weight is 407 g/mol. The van der Waals surface area contributed by atoms with Gasteiger partial charge in [-0.25, -0.2) is 4.79 Å². The fourth-order valence-electron chi connectivity index (χ4n) is 4.37. The third-order valence-corrected chi connectivity index (χ3v) is 7.07. The molecule has 0 aliphatic heterocycles. The molecule has 4 heteroatoms. The molecule has 0 amide bonds. The van der Waals surface area contributed by atoms with Crippen LogP contribution < -0.4 is 5.63 Å². The molecule has 0 radical (unpaired) electrons. The van der Waals surface area contributed by atoms with Gasteiger partial charge in [0, 0.05) is 11.0 Å². The van der Waals surface area contributed by atoms with Crippen LogP contribution in [0, 0.1) is 0 Å². The SMILES string of the molecule is CC(C)c1ccccc1Sc1c(O)cc(C2(c3ccccc3)CCCC2)oc1=O. The van der Waals surface area contributed by atoms with Crippen molar-refractivity contribution in [3.8, 4) is 5.75 Å². The Bertz CT molecular complexity index is 1050. The van der Waals surface area contributed by atoms with E-state index in [1.54, 1.807) is 6.07 Å². The number of benzene rings is 2. The molecule has 1 aromatic heterocycles. The normalized spacial score (nSPS) is 15.7. The first-order valence-electron chi connectivity index (χ1n) is 10.2. The molecule has 1 heterocycles. The summed E-state index contributed by atoms with van der Waals surface area (Å²) in [5, 5.41) is 10.8. The lowest BCUT2D eigenvalue weighted by Gasteiger charge is -2.28. The second-order valence-corrected chi connectivity index (χ2v) is 9.11. The molecule has 1 aliphatic carbocycles. The second-order valence-electron chi connectivity index (χ2n) is 8.06.